The summed E-state index contributed by atoms with van der Waals surface area (Å²) in [6.45, 7) is 8.56. The van der Waals surface area contributed by atoms with Crippen LogP contribution in [0, 0.1) is 5.41 Å². The van der Waals surface area contributed by atoms with Crippen molar-refractivity contribution in [2.75, 3.05) is 6.54 Å². The Hall–Kier alpha value is -0.0800. The molecule has 0 amide bonds. The normalized spacial score (nSPS) is 42.2. The molecule has 1 aliphatic heterocycles. The lowest BCUT2D eigenvalue weighted by Gasteiger charge is -2.22. The minimum Gasteiger partial charge on any atom is -0.310 e. The van der Waals surface area contributed by atoms with Crippen molar-refractivity contribution >= 4 is 0 Å². The van der Waals surface area contributed by atoms with Crippen molar-refractivity contribution in [3.8, 4) is 0 Å². The summed E-state index contributed by atoms with van der Waals surface area (Å²) in [6.07, 6.45) is 8.44. The third-order valence-corrected chi connectivity index (χ3v) is 5.08. The Balaban J connectivity index is 1.50. The molecule has 3 fully saturated rings. The van der Waals surface area contributed by atoms with E-state index < -0.39 is 0 Å². The van der Waals surface area contributed by atoms with E-state index in [0.717, 1.165) is 24.2 Å². The SMILES string of the molecule is CC1CC(NC2CCC(C)(C)C2)CN1C1CC1. The van der Waals surface area contributed by atoms with E-state index in [9.17, 15) is 0 Å². The van der Waals surface area contributed by atoms with Gasteiger partial charge in [0.25, 0.3) is 0 Å². The zero-order valence-corrected chi connectivity index (χ0v) is 11.7. The van der Waals surface area contributed by atoms with Crippen LogP contribution >= 0.6 is 0 Å². The highest BCUT2D eigenvalue weighted by molar-refractivity contribution is 4.98. The smallest absolute Gasteiger partial charge is 0.0212 e. The van der Waals surface area contributed by atoms with Crippen LogP contribution in [-0.4, -0.2) is 35.6 Å². The molecule has 3 atom stereocenters. The Morgan fingerprint density at radius 1 is 1.12 bits per heavy atom. The van der Waals surface area contributed by atoms with Gasteiger partial charge in [0.2, 0.25) is 0 Å². The molecular weight excluding hydrogens is 208 g/mol. The van der Waals surface area contributed by atoms with E-state index in [-0.39, 0.29) is 0 Å². The number of rotatable bonds is 3. The van der Waals surface area contributed by atoms with E-state index in [0.29, 0.717) is 5.41 Å². The summed E-state index contributed by atoms with van der Waals surface area (Å²) in [7, 11) is 0. The maximum absolute atomic E-state index is 3.93. The van der Waals surface area contributed by atoms with Gasteiger partial charge in [0.05, 0.1) is 0 Å². The van der Waals surface area contributed by atoms with Gasteiger partial charge in [0, 0.05) is 30.7 Å². The molecule has 0 aromatic carbocycles. The molecule has 1 heterocycles. The lowest BCUT2D eigenvalue weighted by molar-refractivity contribution is 0.253. The summed E-state index contributed by atoms with van der Waals surface area (Å²) in [5.41, 5.74) is 0.581. The molecule has 2 saturated carbocycles. The van der Waals surface area contributed by atoms with Crippen molar-refractivity contribution in [2.45, 2.75) is 83.5 Å². The second-order valence-electron chi connectivity index (χ2n) is 7.48. The molecule has 3 rings (SSSR count). The second kappa shape index (κ2) is 4.24. The number of hydrogen-bond acceptors (Lipinski definition) is 2. The third-order valence-electron chi connectivity index (χ3n) is 5.08. The van der Waals surface area contributed by atoms with Crippen LogP contribution in [0.5, 0.6) is 0 Å². The molecule has 98 valence electrons. The summed E-state index contributed by atoms with van der Waals surface area (Å²) < 4.78 is 0. The maximum atomic E-state index is 3.93. The minimum absolute atomic E-state index is 0.581. The molecule has 1 N–H and O–H groups in total. The van der Waals surface area contributed by atoms with Crippen LogP contribution < -0.4 is 5.32 Å². The Kier molecular flexibility index (Phi) is 2.99. The summed E-state index contributed by atoms with van der Waals surface area (Å²) in [4.78, 5) is 2.75. The largest absolute Gasteiger partial charge is 0.310 e. The highest BCUT2D eigenvalue weighted by atomic mass is 15.3. The monoisotopic (exact) mass is 236 g/mol. The zero-order chi connectivity index (χ0) is 12.0. The predicted molar refractivity (Wildman–Crippen MR) is 72.2 cm³/mol. The molecule has 17 heavy (non-hydrogen) atoms. The van der Waals surface area contributed by atoms with Gasteiger partial charge < -0.3 is 5.32 Å². The lowest BCUT2D eigenvalue weighted by atomic mass is 9.92. The van der Waals surface area contributed by atoms with Gasteiger partial charge >= 0.3 is 0 Å². The predicted octanol–water partition coefficient (Wildman–Crippen LogP) is 2.78. The standard InChI is InChI=1S/C15H28N2/c1-11-8-13(10-17(11)14-4-5-14)16-12-6-7-15(2,3)9-12/h11-14,16H,4-10H2,1-3H3. The average molecular weight is 236 g/mol. The average Bonchev–Trinajstić information content (AvgIpc) is 2.93. The van der Waals surface area contributed by atoms with Crippen molar-refractivity contribution in [1.82, 2.24) is 10.2 Å². The number of hydrogen-bond donors (Lipinski definition) is 1. The molecule has 0 bridgehead atoms. The van der Waals surface area contributed by atoms with E-state index in [1.54, 1.807) is 0 Å². The van der Waals surface area contributed by atoms with Crippen LogP contribution in [0.25, 0.3) is 0 Å². The quantitative estimate of drug-likeness (QED) is 0.810. The van der Waals surface area contributed by atoms with Gasteiger partial charge in [0.15, 0.2) is 0 Å². The summed E-state index contributed by atoms with van der Waals surface area (Å²) in [6, 6.07) is 3.32. The zero-order valence-electron chi connectivity index (χ0n) is 11.7. The number of nitrogens with zero attached hydrogens (tertiary/aromatic N) is 1. The summed E-state index contributed by atoms with van der Waals surface area (Å²) in [5, 5.41) is 3.93. The Morgan fingerprint density at radius 3 is 2.47 bits per heavy atom. The van der Waals surface area contributed by atoms with E-state index in [4.69, 9.17) is 0 Å². The molecule has 3 unspecified atom stereocenters. The van der Waals surface area contributed by atoms with Crippen LogP contribution in [-0.2, 0) is 0 Å². The van der Waals surface area contributed by atoms with Gasteiger partial charge in [-0.2, -0.15) is 0 Å². The van der Waals surface area contributed by atoms with Gasteiger partial charge in [-0.25, -0.2) is 0 Å². The van der Waals surface area contributed by atoms with E-state index >= 15 is 0 Å². The highest BCUT2D eigenvalue weighted by Gasteiger charge is 2.40. The molecule has 1 saturated heterocycles. The fraction of sp³-hybridized carbons (Fsp3) is 1.00. The first-order valence-corrected chi connectivity index (χ1v) is 7.55. The first-order chi connectivity index (χ1) is 8.03. The van der Waals surface area contributed by atoms with Crippen molar-refractivity contribution in [3.05, 3.63) is 0 Å². The van der Waals surface area contributed by atoms with Crippen molar-refractivity contribution in [2.24, 2.45) is 5.41 Å². The molecule has 2 heteroatoms. The van der Waals surface area contributed by atoms with Crippen LogP contribution in [0.2, 0.25) is 0 Å². The Labute approximate surface area is 106 Å². The highest BCUT2D eigenvalue weighted by Crippen LogP contribution is 2.38. The molecule has 0 aromatic heterocycles. The third kappa shape index (κ3) is 2.68. The maximum Gasteiger partial charge on any atom is 0.0212 e. The van der Waals surface area contributed by atoms with Gasteiger partial charge in [-0.1, -0.05) is 13.8 Å². The fourth-order valence-electron chi connectivity index (χ4n) is 4.00. The molecular formula is C15H28N2. The van der Waals surface area contributed by atoms with E-state index in [1.807, 2.05) is 0 Å². The molecule has 2 aliphatic carbocycles. The first kappa shape index (κ1) is 12.0. The molecule has 2 nitrogen and oxygen atoms in total. The van der Waals surface area contributed by atoms with Gasteiger partial charge in [-0.3, -0.25) is 4.90 Å². The van der Waals surface area contributed by atoms with Crippen molar-refractivity contribution in [3.63, 3.8) is 0 Å². The van der Waals surface area contributed by atoms with Gasteiger partial charge in [-0.05, 0) is 50.9 Å². The number of nitrogens with one attached hydrogen (secondary N) is 1. The molecule has 0 aromatic rings. The summed E-state index contributed by atoms with van der Waals surface area (Å²) >= 11 is 0. The van der Waals surface area contributed by atoms with Crippen LogP contribution in [0.3, 0.4) is 0 Å². The molecule has 0 radical (unpaired) electrons. The van der Waals surface area contributed by atoms with Crippen LogP contribution in [0.15, 0.2) is 0 Å². The lowest BCUT2D eigenvalue weighted by Crippen LogP contribution is -2.39. The van der Waals surface area contributed by atoms with E-state index in [1.165, 1.54) is 45.1 Å². The van der Waals surface area contributed by atoms with E-state index in [2.05, 4.69) is 31.0 Å². The van der Waals surface area contributed by atoms with Gasteiger partial charge in [-0.15, -0.1) is 0 Å². The summed E-state index contributed by atoms with van der Waals surface area (Å²) in [5.74, 6) is 0. The van der Waals surface area contributed by atoms with Crippen LogP contribution in [0.4, 0.5) is 0 Å². The topological polar surface area (TPSA) is 15.3 Å². The fourth-order valence-corrected chi connectivity index (χ4v) is 4.00. The Bertz CT molecular complexity index is 283. The second-order valence-corrected chi connectivity index (χ2v) is 7.48. The minimum atomic E-state index is 0.581. The Morgan fingerprint density at radius 2 is 1.88 bits per heavy atom. The van der Waals surface area contributed by atoms with Crippen LogP contribution in [0.1, 0.15) is 59.3 Å². The first-order valence-electron chi connectivity index (χ1n) is 7.55. The molecule has 3 aliphatic rings. The van der Waals surface area contributed by atoms with Gasteiger partial charge in [0.1, 0.15) is 0 Å². The molecule has 0 spiro atoms. The number of likely N-dealkylation sites (tertiary alicyclic amines) is 1. The van der Waals surface area contributed by atoms with Crippen molar-refractivity contribution in [1.29, 1.82) is 0 Å². The van der Waals surface area contributed by atoms with Crippen molar-refractivity contribution < 1.29 is 0 Å².